The van der Waals surface area contributed by atoms with Crippen molar-refractivity contribution in [1.82, 2.24) is 10.2 Å². The fourth-order valence-corrected chi connectivity index (χ4v) is 2.73. The average Bonchev–Trinajstić information content (AvgIpc) is 2.95. The highest BCUT2D eigenvalue weighted by molar-refractivity contribution is 5.74. The predicted molar refractivity (Wildman–Crippen MR) is 92.2 cm³/mol. The number of likely N-dealkylation sites (tertiary alicyclic amines) is 1. The van der Waals surface area contributed by atoms with Gasteiger partial charge in [0.15, 0.2) is 0 Å². The number of aryl methyl sites for hydroxylation is 1. The lowest BCUT2D eigenvalue weighted by Crippen LogP contribution is -2.33. The zero-order chi connectivity index (χ0) is 17.1. The lowest BCUT2D eigenvalue weighted by atomic mass is 10.1. The predicted octanol–water partition coefficient (Wildman–Crippen LogP) is 1.19. The summed E-state index contributed by atoms with van der Waals surface area (Å²) in [6, 6.07) is 10.6. The van der Waals surface area contributed by atoms with Crippen LogP contribution in [-0.4, -0.2) is 59.9 Å². The Bertz CT molecular complexity index is 433. The van der Waals surface area contributed by atoms with Crippen molar-refractivity contribution in [2.24, 2.45) is 0 Å². The maximum atomic E-state index is 10.1. The van der Waals surface area contributed by atoms with Gasteiger partial charge in [0.1, 0.15) is 0 Å². The van der Waals surface area contributed by atoms with Crippen LogP contribution in [0.5, 0.6) is 0 Å². The standard InChI is InChI=1S/C14H21NO2.C4H9NO/c16-11-13-9-14(17)10-15(13)8-4-7-12-5-2-1-3-6-12;1-3-4(6)5-2/h1-3,5-6,13-14,16-17H,4,7-11H2;3H2,1-2H3,(H,5,6). The molecule has 1 aliphatic heterocycles. The van der Waals surface area contributed by atoms with E-state index in [1.54, 1.807) is 7.05 Å². The first-order valence-corrected chi connectivity index (χ1v) is 8.38. The zero-order valence-electron chi connectivity index (χ0n) is 14.2. The number of benzene rings is 1. The van der Waals surface area contributed by atoms with Crippen LogP contribution in [0.15, 0.2) is 30.3 Å². The molecule has 0 aromatic heterocycles. The first-order valence-electron chi connectivity index (χ1n) is 8.38. The topological polar surface area (TPSA) is 72.8 Å². The number of nitrogens with zero attached hydrogens (tertiary/aromatic N) is 1. The Kier molecular flexibility index (Phi) is 9.52. The molecule has 1 aromatic rings. The van der Waals surface area contributed by atoms with Crippen LogP contribution in [0.2, 0.25) is 0 Å². The molecule has 0 spiro atoms. The summed E-state index contributed by atoms with van der Waals surface area (Å²) in [7, 11) is 1.63. The van der Waals surface area contributed by atoms with E-state index in [9.17, 15) is 15.0 Å². The van der Waals surface area contributed by atoms with Crippen molar-refractivity contribution in [1.29, 1.82) is 0 Å². The minimum atomic E-state index is -0.260. The number of amides is 1. The van der Waals surface area contributed by atoms with Gasteiger partial charge in [0, 0.05) is 26.1 Å². The fraction of sp³-hybridized carbons (Fsp3) is 0.611. The quantitative estimate of drug-likeness (QED) is 0.736. The summed E-state index contributed by atoms with van der Waals surface area (Å²) in [5, 5.41) is 21.3. The van der Waals surface area contributed by atoms with Gasteiger partial charge >= 0.3 is 0 Å². The van der Waals surface area contributed by atoms with Crippen molar-refractivity contribution in [3.05, 3.63) is 35.9 Å². The first kappa shape index (κ1) is 19.6. The second-order valence-corrected chi connectivity index (χ2v) is 5.84. The number of carbonyl (C=O) groups excluding carboxylic acids is 1. The van der Waals surface area contributed by atoms with Crippen molar-refractivity contribution in [2.45, 2.75) is 44.8 Å². The van der Waals surface area contributed by atoms with Crippen LogP contribution in [0.25, 0.3) is 0 Å². The molecule has 0 saturated carbocycles. The summed E-state index contributed by atoms with van der Waals surface area (Å²) in [4.78, 5) is 12.3. The molecular weight excluding hydrogens is 292 g/mol. The highest BCUT2D eigenvalue weighted by Crippen LogP contribution is 2.18. The van der Waals surface area contributed by atoms with Crippen molar-refractivity contribution in [3.63, 3.8) is 0 Å². The van der Waals surface area contributed by atoms with Crippen LogP contribution in [0, 0.1) is 0 Å². The van der Waals surface area contributed by atoms with Crippen LogP contribution < -0.4 is 5.32 Å². The summed E-state index contributed by atoms with van der Waals surface area (Å²) >= 11 is 0. The molecule has 0 radical (unpaired) electrons. The summed E-state index contributed by atoms with van der Waals surface area (Å²) in [5.74, 6) is 0.0926. The van der Waals surface area contributed by atoms with Gasteiger partial charge in [0.25, 0.3) is 0 Å². The van der Waals surface area contributed by atoms with Crippen LogP contribution >= 0.6 is 0 Å². The Hall–Kier alpha value is -1.43. The number of aliphatic hydroxyl groups excluding tert-OH is 2. The van der Waals surface area contributed by atoms with E-state index in [2.05, 4.69) is 34.5 Å². The molecule has 2 unspecified atom stereocenters. The minimum absolute atomic E-state index is 0.0926. The zero-order valence-corrected chi connectivity index (χ0v) is 14.2. The van der Waals surface area contributed by atoms with E-state index < -0.39 is 0 Å². The van der Waals surface area contributed by atoms with Gasteiger partial charge in [-0.25, -0.2) is 0 Å². The number of carbonyl (C=O) groups is 1. The van der Waals surface area contributed by atoms with Gasteiger partial charge in [-0.2, -0.15) is 0 Å². The maximum Gasteiger partial charge on any atom is 0.219 e. The molecular formula is C18H30N2O3. The van der Waals surface area contributed by atoms with Gasteiger partial charge in [-0.3, -0.25) is 9.69 Å². The molecule has 2 atom stereocenters. The fourth-order valence-electron chi connectivity index (χ4n) is 2.73. The minimum Gasteiger partial charge on any atom is -0.395 e. The largest absolute Gasteiger partial charge is 0.395 e. The summed E-state index contributed by atoms with van der Waals surface area (Å²) in [6.45, 7) is 3.64. The number of nitrogens with one attached hydrogen (secondary N) is 1. The summed E-state index contributed by atoms with van der Waals surface area (Å²) in [5.41, 5.74) is 1.35. The molecule has 1 amide bonds. The van der Waals surface area contributed by atoms with Gasteiger partial charge in [0.05, 0.1) is 12.7 Å². The lowest BCUT2D eigenvalue weighted by molar-refractivity contribution is -0.120. The van der Waals surface area contributed by atoms with Crippen molar-refractivity contribution in [2.75, 3.05) is 26.7 Å². The molecule has 1 saturated heterocycles. The highest BCUT2D eigenvalue weighted by Gasteiger charge is 2.29. The number of hydrogen-bond donors (Lipinski definition) is 3. The van der Waals surface area contributed by atoms with Crippen LogP contribution in [0.1, 0.15) is 31.7 Å². The van der Waals surface area contributed by atoms with Crippen LogP contribution in [-0.2, 0) is 11.2 Å². The molecule has 2 rings (SSSR count). The summed E-state index contributed by atoms with van der Waals surface area (Å²) < 4.78 is 0. The molecule has 1 aliphatic rings. The summed E-state index contributed by atoms with van der Waals surface area (Å²) in [6.07, 6.45) is 3.17. The Morgan fingerprint density at radius 1 is 1.35 bits per heavy atom. The van der Waals surface area contributed by atoms with Gasteiger partial charge in [-0.05, 0) is 31.4 Å². The van der Waals surface area contributed by atoms with Crippen LogP contribution in [0.3, 0.4) is 0 Å². The molecule has 5 nitrogen and oxygen atoms in total. The van der Waals surface area contributed by atoms with E-state index in [1.807, 2.05) is 13.0 Å². The smallest absolute Gasteiger partial charge is 0.219 e. The average molecular weight is 322 g/mol. The second-order valence-electron chi connectivity index (χ2n) is 5.84. The van der Waals surface area contributed by atoms with E-state index in [-0.39, 0.29) is 24.7 Å². The van der Waals surface area contributed by atoms with E-state index in [0.717, 1.165) is 19.4 Å². The monoisotopic (exact) mass is 322 g/mol. The second kappa shape index (κ2) is 11.2. The number of aliphatic hydroxyl groups is 2. The molecule has 1 heterocycles. The number of rotatable bonds is 6. The molecule has 1 fully saturated rings. The van der Waals surface area contributed by atoms with Crippen molar-refractivity contribution in [3.8, 4) is 0 Å². The van der Waals surface area contributed by atoms with Gasteiger partial charge in [0.2, 0.25) is 5.91 Å². The lowest BCUT2D eigenvalue weighted by Gasteiger charge is -2.21. The SMILES string of the molecule is CCC(=O)NC.OCC1CC(O)CN1CCCc1ccccc1. The van der Waals surface area contributed by atoms with E-state index in [1.165, 1.54) is 5.56 Å². The van der Waals surface area contributed by atoms with E-state index >= 15 is 0 Å². The molecule has 23 heavy (non-hydrogen) atoms. The number of hydrogen-bond acceptors (Lipinski definition) is 4. The highest BCUT2D eigenvalue weighted by atomic mass is 16.3. The van der Waals surface area contributed by atoms with Gasteiger partial charge in [-0.1, -0.05) is 37.3 Å². The Morgan fingerprint density at radius 2 is 2.04 bits per heavy atom. The van der Waals surface area contributed by atoms with Crippen molar-refractivity contribution < 1.29 is 15.0 Å². The maximum absolute atomic E-state index is 10.1. The number of β-amino-alcohol motifs (C(OH)–C–C–N with tert-alkyl or cyclic N) is 1. The Balaban J connectivity index is 0.000000379. The van der Waals surface area contributed by atoms with Crippen LogP contribution in [0.4, 0.5) is 0 Å². The normalized spacial score (nSPS) is 20.7. The van der Waals surface area contributed by atoms with Crippen molar-refractivity contribution >= 4 is 5.91 Å². The molecule has 3 N–H and O–H groups in total. The van der Waals surface area contributed by atoms with E-state index in [0.29, 0.717) is 19.4 Å². The molecule has 0 bridgehead atoms. The Morgan fingerprint density at radius 3 is 2.57 bits per heavy atom. The first-order chi connectivity index (χ1) is 11.1. The third-order valence-corrected chi connectivity index (χ3v) is 4.07. The molecule has 130 valence electrons. The van der Waals surface area contributed by atoms with Gasteiger partial charge in [-0.15, -0.1) is 0 Å². The molecule has 0 aliphatic carbocycles. The van der Waals surface area contributed by atoms with E-state index in [4.69, 9.17) is 0 Å². The third kappa shape index (κ3) is 7.59. The third-order valence-electron chi connectivity index (χ3n) is 4.07. The Labute approximate surface area is 139 Å². The van der Waals surface area contributed by atoms with Gasteiger partial charge < -0.3 is 15.5 Å². The molecule has 5 heteroatoms. The molecule has 1 aromatic carbocycles.